The highest BCUT2D eigenvalue weighted by atomic mass is 127. The van der Waals surface area contributed by atoms with Gasteiger partial charge in [-0.05, 0) is 58.4 Å². The van der Waals surface area contributed by atoms with Gasteiger partial charge in [0.15, 0.2) is 5.57 Å². The van der Waals surface area contributed by atoms with E-state index in [1.165, 1.54) is 14.2 Å². The lowest BCUT2D eigenvalue weighted by atomic mass is 9.81. The lowest BCUT2D eigenvalue weighted by Crippen LogP contribution is -2.34. The van der Waals surface area contributed by atoms with E-state index in [4.69, 9.17) is 9.47 Å². The number of carbonyl (C=O) groups is 2. The highest BCUT2D eigenvalue weighted by molar-refractivity contribution is 14.1. The normalized spacial score (nSPS) is 15.3. The summed E-state index contributed by atoms with van der Waals surface area (Å²) >= 11 is 2.28. The Kier molecular flexibility index (Phi) is 8.31. The number of carbonyl (C=O) groups excluding carboxylic acids is 2. The molecule has 1 saturated heterocycles. The number of benzene rings is 1. The first-order valence-corrected chi connectivity index (χ1v) is 10.9. The molecule has 158 valence electrons. The van der Waals surface area contributed by atoms with Gasteiger partial charge in [-0.25, -0.2) is 9.59 Å². The van der Waals surface area contributed by atoms with Crippen LogP contribution in [0.4, 0.5) is 0 Å². The molecule has 0 aliphatic carbocycles. The van der Waals surface area contributed by atoms with E-state index in [-0.39, 0.29) is 11.0 Å². The van der Waals surface area contributed by atoms with Crippen molar-refractivity contribution in [3.63, 3.8) is 0 Å². The van der Waals surface area contributed by atoms with Crippen LogP contribution in [0.2, 0.25) is 0 Å². The molecule has 1 aromatic carbocycles. The third kappa shape index (κ3) is 5.62. The van der Waals surface area contributed by atoms with E-state index < -0.39 is 11.9 Å². The van der Waals surface area contributed by atoms with Crippen molar-refractivity contribution in [2.75, 3.05) is 27.3 Å². The molecular weight excluding hydrogens is 481 g/mol. The second kappa shape index (κ2) is 10.3. The van der Waals surface area contributed by atoms with E-state index in [1.54, 1.807) is 0 Å². The summed E-state index contributed by atoms with van der Waals surface area (Å²) in [6.07, 6.45) is 3.17. The van der Waals surface area contributed by atoms with Crippen molar-refractivity contribution in [1.82, 2.24) is 4.90 Å². The molecule has 1 fully saturated rings. The summed E-state index contributed by atoms with van der Waals surface area (Å²) in [6.45, 7) is 7.98. The predicted molar refractivity (Wildman–Crippen MR) is 123 cm³/mol. The molecule has 1 heterocycles. The molecule has 1 aliphatic rings. The number of halogens is 1. The van der Waals surface area contributed by atoms with Crippen molar-refractivity contribution in [2.45, 2.75) is 40.0 Å². The van der Waals surface area contributed by atoms with Crippen molar-refractivity contribution in [2.24, 2.45) is 5.41 Å². The van der Waals surface area contributed by atoms with Crippen molar-refractivity contribution >= 4 is 40.1 Å². The van der Waals surface area contributed by atoms with Gasteiger partial charge >= 0.3 is 11.9 Å². The fourth-order valence-electron chi connectivity index (χ4n) is 3.62. The van der Waals surface area contributed by atoms with Crippen LogP contribution in [0.3, 0.4) is 0 Å². The maximum atomic E-state index is 12.7. The zero-order chi connectivity index (χ0) is 21.6. The zero-order valence-corrected chi connectivity index (χ0v) is 20.0. The number of likely N-dealkylation sites (tertiary alicyclic amines) is 1. The topological polar surface area (TPSA) is 55.8 Å². The molecule has 2 rings (SSSR count). The molecular formula is C23H30INO4. The average molecular weight is 511 g/mol. The number of piperidine rings is 1. The number of methoxy groups -OCH3 is 2. The maximum absolute atomic E-state index is 12.7. The van der Waals surface area contributed by atoms with E-state index in [2.05, 4.69) is 60.4 Å². The van der Waals surface area contributed by atoms with Crippen molar-refractivity contribution < 1.29 is 19.1 Å². The summed E-state index contributed by atoms with van der Waals surface area (Å²) in [5.74, 6) is -1.35. The zero-order valence-electron chi connectivity index (χ0n) is 17.9. The summed E-state index contributed by atoms with van der Waals surface area (Å²) in [7, 11) is 2.58. The standard InChI is InChI=1S/C23H30INO4/c1-23(2,3)18(16-12-8-6-9-13-16)19(24)20(25-14-10-7-11-15-25)17(21(26)28-4)22(27)29-5/h6,8-9,12-13H,7,10-11,14-15H2,1-5H3/b19-18+. The molecule has 0 unspecified atom stereocenters. The SMILES string of the molecule is COC(=O)C(C(=O)OC)=C(/C(I)=C(/c1ccccc1)C(C)(C)C)N1CCCCC1. The predicted octanol–water partition coefficient (Wildman–Crippen LogP) is 4.96. The molecule has 0 radical (unpaired) electrons. The third-order valence-electron chi connectivity index (χ3n) is 4.93. The van der Waals surface area contributed by atoms with Crippen LogP contribution in [0.1, 0.15) is 45.6 Å². The lowest BCUT2D eigenvalue weighted by Gasteiger charge is -2.35. The third-order valence-corrected chi connectivity index (χ3v) is 5.98. The van der Waals surface area contributed by atoms with Crippen LogP contribution in [-0.4, -0.2) is 44.1 Å². The summed E-state index contributed by atoms with van der Waals surface area (Å²) in [4.78, 5) is 27.5. The van der Waals surface area contributed by atoms with Gasteiger partial charge in [-0.3, -0.25) is 0 Å². The van der Waals surface area contributed by atoms with Gasteiger partial charge in [0.25, 0.3) is 0 Å². The van der Waals surface area contributed by atoms with E-state index >= 15 is 0 Å². The van der Waals surface area contributed by atoms with Crippen molar-refractivity contribution in [1.29, 1.82) is 0 Å². The average Bonchev–Trinajstić information content (AvgIpc) is 2.71. The molecule has 6 heteroatoms. The summed E-state index contributed by atoms with van der Waals surface area (Å²) in [5.41, 5.74) is 2.49. The molecule has 1 aliphatic heterocycles. The monoisotopic (exact) mass is 511 g/mol. The van der Waals surface area contributed by atoms with Crippen LogP contribution in [-0.2, 0) is 19.1 Å². The summed E-state index contributed by atoms with van der Waals surface area (Å²) in [6, 6.07) is 10.1. The molecule has 0 saturated carbocycles. The summed E-state index contributed by atoms with van der Waals surface area (Å²) < 4.78 is 10.8. The van der Waals surface area contributed by atoms with E-state index in [0.29, 0.717) is 5.70 Å². The number of nitrogens with zero attached hydrogens (tertiary/aromatic N) is 1. The first kappa shape index (κ1) is 23.4. The van der Waals surface area contributed by atoms with Gasteiger partial charge < -0.3 is 14.4 Å². The Hall–Kier alpha value is -1.83. The molecule has 0 atom stereocenters. The maximum Gasteiger partial charge on any atom is 0.347 e. The largest absolute Gasteiger partial charge is 0.465 e. The molecule has 0 N–H and O–H groups in total. The number of hydrogen-bond donors (Lipinski definition) is 0. The number of hydrogen-bond acceptors (Lipinski definition) is 5. The van der Waals surface area contributed by atoms with Crippen LogP contribution in [0, 0.1) is 5.41 Å². The van der Waals surface area contributed by atoms with Crippen molar-refractivity contribution in [3.05, 3.63) is 50.7 Å². The molecule has 29 heavy (non-hydrogen) atoms. The quantitative estimate of drug-likeness (QED) is 0.140. The van der Waals surface area contributed by atoms with Crippen LogP contribution in [0.25, 0.3) is 5.57 Å². The molecule has 0 spiro atoms. The number of ether oxygens (including phenoxy) is 2. The van der Waals surface area contributed by atoms with Crippen LogP contribution in [0.5, 0.6) is 0 Å². The minimum Gasteiger partial charge on any atom is -0.465 e. The van der Waals surface area contributed by atoms with Crippen LogP contribution < -0.4 is 0 Å². The van der Waals surface area contributed by atoms with Gasteiger partial charge in [0.1, 0.15) is 0 Å². The first-order chi connectivity index (χ1) is 13.7. The number of esters is 2. The fraction of sp³-hybridized carbons (Fsp3) is 0.478. The Morgan fingerprint density at radius 3 is 1.90 bits per heavy atom. The highest BCUT2D eigenvalue weighted by Gasteiger charge is 2.33. The van der Waals surface area contributed by atoms with Gasteiger partial charge in [0, 0.05) is 16.7 Å². The molecule has 1 aromatic rings. The fourth-order valence-corrected chi connectivity index (χ4v) is 5.35. The summed E-state index contributed by atoms with van der Waals surface area (Å²) in [5, 5.41) is 0. The second-order valence-corrected chi connectivity index (χ2v) is 9.14. The van der Waals surface area contributed by atoms with Crippen LogP contribution >= 0.6 is 22.6 Å². The van der Waals surface area contributed by atoms with Crippen molar-refractivity contribution in [3.8, 4) is 0 Å². The number of allylic oxidation sites excluding steroid dienone is 2. The van der Waals surface area contributed by atoms with Crippen LogP contribution in [0.15, 0.2) is 45.2 Å². The van der Waals surface area contributed by atoms with Gasteiger partial charge in [-0.2, -0.15) is 0 Å². The molecule has 5 nitrogen and oxygen atoms in total. The molecule has 0 bridgehead atoms. The minimum absolute atomic E-state index is 0.0426. The highest BCUT2D eigenvalue weighted by Crippen LogP contribution is 2.43. The Bertz CT molecular complexity index is 782. The Morgan fingerprint density at radius 1 is 0.931 bits per heavy atom. The van der Waals surface area contributed by atoms with Gasteiger partial charge in [-0.15, -0.1) is 0 Å². The minimum atomic E-state index is -0.673. The Morgan fingerprint density at radius 2 is 1.45 bits per heavy atom. The Labute approximate surface area is 187 Å². The number of rotatable bonds is 5. The Balaban J connectivity index is 2.87. The van der Waals surface area contributed by atoms with E-state index in [9.17, 15) is 9.59 Å². The van der Waals surface area contributed by atoms with E-state index in [0.717, 1.165) is 47.1 Å². The van der Waals surface area contributed by atoms with Gasteiger partial charge in [0.05, 0.1) is 19.9 Å². The van der Waals surface area contributed by atoms with Gasteiger partial charge in [0.2, 0.25) is 0 Å². The lowest BCUT2D eigenvalue weighted by molar-refractivity contribution is -0.144. The second-order valence-electron chi connectivity index (χ2n) is 8.06. The van der Waals surface area contributed by atoms with E-state index in [1.807, 2.05) is 18.2 Å². The first-order valence-electron chi connectivity index (χ1n) is 9.84. The molecule has 0 aromatic heterocycles. The smallest absolute Gasteiger partial charge is 0.347 e. The molecule has 0 amide bonds. The van der Waals surface area contributed by atoms with Gasteiger partial charge in [-0.1, -0.05) is 51.1 Å².